The second-order valence-electron chi connectivity index (χ2n) is 17.4. The molecule has 12 rings (SSSR count). The summed E-state index contributed by atoms with van der Waals surface area (Å²) < 4.78 is 20.6. The highest BCUT2D eigenvalue weighted by atomic mass is 19.1. The maximum absolute atomic E-state index is 14.0. The lowest BCUT2D eigenvalue weighted by atomic mass is 9.80. The molecular formula is C61H43FN2O. The summed E-state index contributed by atoms with van der Waals surface area (Å²) in [5.74, 6) is -0.253. The van der Waals surface area contributed by atoms with E-state index in [1.54, 1.807) is 0 Å². The zero-order valence-electron chi connectivity index (χ0n) is 36.0. The number of para-hydroxylation sites is 4. The third-order valence-corrected chi connectivity index (χ3v) is 13.3. The average Bonchev–Trinajstić information content (AvgIpc) is 3.85. The second-order valence-corrected chi connectivity index (χ2v) is 17.4. The normalized spacial score (nSPS) is 12.7. The summed E-state index contributed by atoms with van der Waals surface area (Å²) in [4.78, 5) is 4.45. The van der Waals surface area contributed by atoms with Gasteiger partial charge in [0.05, 0.1) is 5.69 Å². The smallest absolute Gasteiger partial charge is 0.159 e. The first kappa shape index (κ1) is 38.5. The molecule has 310 valence electrons. The molecule has 0 atom stereocenters. The Balaban J connectivity index is 0.906. The summed E-state index contributed by atoms with van der Waals surface area (Å²) >= 11 is 0. The Morgan fingerprint density at radius 3 is 1.60 bits per heavy atom. The van der Waals surface area contributed by atoms with Crippen molar-refractivity contribution < 1.29 is 8.81 Å². The van der Waals surface area contributed by atoms with E-state index in [9.17, 15) is 4.39 Å². The maximum Gasteiger partial charge on any atom is 0.159 e. The van der Waals surface area contributed by atoms with E-state index in [-0.39, 0.29) is 11.2 Å². The fourth-order valence-corrected chi connectivity index (χ4v) is 10.1. The number of fused-ring (bicyclic) bond motifs is 8. The van der Waals surface area contributed by atoms with Crippen molar-refractivity contribution >= 4 is 66.8 Å². The lowest BCUT2D eigenvalue weighted by Crippen LogP contribution is -2.15. The number of hydrogen-bond acceptors (Lipinski definition) is 3. The number of furan rings is 1. The number of hydrogen-bond donors (Lipinski definition) is 0. The van der Waals surface area contributed by atoms with Crippen molar-refractivity contribution in [2.45, 2.75) is 19.3 Å². The van der Waals surface area contributed by atoms with Gasteiger partial charge in [-0.1, -0.05) is 141 Å². The number of halogens is 1. The van der Waals surface area contributed by atoms with Crippen LogP contribution >= 0.6 is 0 Å². The molecular weight excluding hydrogens is 796 g/mol. The maximum atomic E-state index is 14.0. The molecule has 0 unspecified atom stereocenters. The Hall–Kier alpha value is -8.21. The molecule has 0 aliphatic heterocycles. The van der Waals surface area contributed by atoms with Gasteiger partial charge in [-0.25, -0.2) is 4.39 Å². The fourth-order valence-electron chi connectivity index (χ4n) is 10.1. The Kier molecular flexibility index (Phi) is 9.03. The third-order valence-electron chi connectivity index (χ3n) is 13.3. The van der Waals surface area contributed by atoms with E-state index in [1.165, 1.54) is 56.3 Å². The summed E-state index contributed by atoms with van der Waals surface area (Å²) in [6.45, 7) is 4.73. The molecule has 1 aliphatic carbocycles. The molecule has 10 aromatic carbocycles. The van der Waals surface area contributed by atoms with Crippen LogP contribution in [-0.4, -0.2) is 0 Å². The van der Waals surface area contributed by atoms with Gasteiger partial charge in [-0.05, 0) is 152 Å². The molecule has 65 heavy (non-hydrogen) atoms. The van der Waals surface area contributed by atoms with Crippen molar-refractivity contribution in [1.29, 1.82) is 0 Å². The molecule has 1 heterocycles. The van der Waals surface area contributed by atoms with E-state index in [4.69, 9.17) is 4.42 Å². The van der Waals surface area contributed by atoms with Crippen molar-refractivity contribution in [3.8, 4) is 33.4 Å². The topological polar surface area (TPSA) is 19.6 Å². The van der Waals surface area contributed by atoms with E-state index >= 15 is 0 Å². The van der Waals surface area contributed by atoms with Crippen LogP contribution in [0.2, 0.25) is 0 Å². The van der Waals surface area contributed by atoms with Gasteiger partial charge in [0.1, 0.15) is 11.4 Å². The van der Waals surface area contributed by atoms with E-state index in [1.807, 2.05) is 42.5 Å². The molecule has 0 spiro atoms. The molecule has 0 saturated heterocycles. The Morgan fingerprint density at radius 1 is 0.385 bits per heavy atom. The van der Waals surface area contributed by atoms with Crippen LogP contribution in [0.15, 0.2) is 229 Å². The average molecular weight is 839 g/mol. The first-order valence-electron chi connectivity index (χ1n) is 22.2. The van der Waals surface area contributed by atoms with E-state index < -0.39 is 0 Å². The highest BCUT2D eigenvalue weighted by Gasteiger charge is 2.37. The predicted octanol–water partition coefficient (Wildman–Crippen LogP) is 17.5. The van der Waals surface area contributed by atoms with Crippen LogP contribution < -0.4 is 9.80 Å². The van der Waals surface area contributed by atoms with Gasteiger partial charge in [-0.2, -0.15) is 0 Å². The SMILES string of the molecule is CC1(C)c2cc(-c3ccc(N(c4ccccc4)c4cccc5c4oc4ccccc45)cc3)ccc2-c2c1cc(-c1ccc(N(c3ccccc3)c3ccc(F)cc3)cc1)c1ccccc21. The van der Waals surface area contributed by atoms with E-state index in [2.05, 4.69) is 194 Å². The molecule has 4 heteroatoms. The predicted molar refractivity (Wildman–Crippen MR) is 269 cm³/mol. The minimum atomic E-state index is -0.253. The van der Waals surface area contributed by atoms with Gasteiger partial charge in [-0.15, -0.1) is 0 Å². The Labute approximate surface area is 377 Å². The van der Waals surface area contributed by atoms with Crippen LogP contribution in [0.5, 0.6) is 0 Å². The highest BCUT2D eigenvalue weighted by molar-refractivity contribution is 6.11. The third kappa shape index (κ3) is 6.40. The Bertz CT molecular complexity index is 3560. The molecule has 0 amide bonds. The standard InChI is InChI=1S/C61H43FN2O/c1-61(2)55-38-42(40-24-31-48(32-25-40)64(45-16-7-4-8-17-45)57-22-13-21-52-50-19-11-12-23-58(50)65-60(52)57)28-37-53(55)59-51-20-10-9-18-49(51)54(39-56(59)61)41-26-33-46(34-27-41)63(44-14-5-3-6-15-44)47-35-29-43(62)30-36-47/h3-39H,1-2H3. The van der Waals surface area contributed by atoms with Gasteiger partial charge < -0.3 is 14.2 Å². The van der Waals surface area contributed by atoms with Crippen LogP contribution in [0.4, 0.5) is 38.5 Å². The number of rotatable bonds is 8. The number of anilines is 6. The van der Waals surface area contributed by atoms with Crippen LogP contribution in [0, 0.1) is 5.82 Å². The quantitative estimate of drug-likeness (QED) is 0.152. The first-order chi connectivity index (χ1) is 31.9. The van der Waals surface area contributed by atoms with E-state index in [0.29, 0.717) is 0 Å². The molecule has 0 N–H and O–H groups in total. The molecule has 11 aromatic rings. The zero-order valence-corrected chi connectivity index (χ0v) is 36.0. The number of benzene rings is 10. The molecule has 1 aromatic heterocycles. The van der Waals surface area contributed by atoms with Crippen LogP contribution in [0.1, 0.15) is 25.0 Å². The summed E-state index contributed by atoms with van der Waals surface area (Å²) in [7, 11) is 0. The number of nitrogens with zero attached hydrogens (tertiary/aromatic N) is 2. The highest BCUT2D eigenvalue weighted by Crippen LogP contribution is 2.54. The lowest BCUT2D eigenvalue weighted by molar-refractivity contribution is 0.628. The minimum Gasteiger partial charge on any atom is -0.454 e. The van der Waals surface area contributed by atoms with Gasteiger partial charge >= 0.3 is 0 Å². The fraction of sp³-hybridized carbons (Fsp3) is 0.0492. The zero-order chi connectivity index (χ0) is 43.6. The van der Waals surface area contributed by atoms with Crippen LogP contribution in [0.3, 0.4) is 0 Å². The van der Waals surface area contributed by atoms with Gasteiger partial charge in [-0.3, -0.25) is 0 Å². The largest absolute Gasteiger partial charge is 0.454 e. The molecule has 0 saturated carbocycles. The van der Waals surface area contributed by atoms with Crippen molar-refractivity contribution in [2.75, 3.05) is 9.80 Å². The summed E-state index contributed by atoms with van der Waals surface area (Å²) in [5, 5.41) is 4.69. The first-order valence-corrected chi connectivity index (χ1v) is 22.2. The molecule has 0 fully saturated rings. The van der Waals surface area contributed by atoms with Gasteiger partial charge in [0.25, 0.3) is 0 Å². The van der Waals surface area contributed by atoms with Gasteiger partial charge in [0, 0.05) is 44.6 Å². The van der Waals surface area contributed by atoms with Crippen molar-refractivity contribution in [3.63, 3.8) is 0 Å². The second kappa shape index (κ2) is 15.3. The van der Waals surface area contributed by atoms with Crippen molar-refractivity contribution in [1.82, 2.24) is 0 Å². The van der Waals surface area contributed by atoms with Gasteiger partial charge in [0.2, 0.25) is 0 Å². The van der Waals surface area contributed by atoms with E-state index in [0.717, 1.165) is 67.2 Å². The molecule has 1 aliphatic rings. The molecule has 0 bridgehead atoms. The lowest BCUT2D eigenvalue weighted by Gasteiger charge is -2.26. The monoisotopic (exact) mass is 838 g/mol. The van der Waals surface area contributed by atoms with Crippen molar-refractivity contribution in [2.24, 2.45) is 0 Å². The molecule has 3 nitrogen and oxygen atoms in total. The molecule has 0 radical (unpaired) electrons. The minimum absolute atomic E-state index is 0.249. The summed E-state index contributed by atoms with van der Waals surface area (Å²) in [5.41, 5.74) is 17.5. The van der Waals surface area contributed by atoms with Gasteiger partial charge in [0.15, 0.2) is 5.58 Å². The van der Waals surface area contributed by atoms with Crippen LogP contribution in [-0.2, 0) is 5.41 Å². The summed E-state index contributed by atoms with van der Waals surface area (Å²) in [6, 6.07) is 78.1. The Morgan fingerprint density at radius 2 is 0.908 bits per heavy atom. The van der Waals surface area contributed by atoms with Crippen LogP contribution in [0.25, 0.3) is 66.1 Å². The summed E-state index contributed by atoms with van der Waals surface area (Å²) in [6.07, 6.45) is 0. The van der Waals surface area contributed by atoms with Crippen molar-refractivity contribution in [3.05, 3.63) is 241 Å².